The number of carbonyl (C=O) groups is 1. The Hall–Kier alpha value is -0.690. The molecule has 0 radical (unpaired) electrons. The van der Waals surface area contributed by atoms with Crippen LogP contribution >= 0.6 is 0 Å². The van der Waals surface area contributed by atoms with Crippen molar-refractivity contribution in [1.82, 2.24) is 0 Å². The predicted octanol–water partition coefficient (Wildman–Crippen LogP) is 2.31. The van der Waals surface area contributed by atoms with Crippen molar-refractivity contribution in [2.45, 2.75) is 161 Å². The first kappa shape index (κ1) is 35.1. The van der Waals surface area contributed by atoms with Crippen LogP contribution in [0.25, 0.3) is 0 Å². The van der Waals surface area contributed by atoms with Gasteiger partial charge in [0, 0.05) is 6.42 Å². The summed E-state index contributed by atoms with van der Waals surface area (Å²) in [5.41, 5.74) is -2.42. The molecule has 0 aromatic heterocycles. The number of aliphatic hydroxyl groups is 7. The first-order valence-electron chi connectivity index (χ1n) is 17.8. The van der Waals surface area contributed by atoms with Crippen molar-refractivity contribution in [2.24, 2.45) is 50.7 Å². The zero-order chi connectivity index (χ0) is 34.0. The van der Waals surface area contributed by atoms with Crippen LogP contribution in [0.15, 0.2) is 0 Å². The van der Waals surface area contributed by atoms with Crippen LogP contribution in [0.4, 0.5) is 0 Å². The molecule has 1 heterocycles. The van der Waals surface area contributed by atoms with Crippen molar-refractivity contribution in [3.05, 3.63) is 0 Å². The molecular formula is C36H60O10. The molecule has 6 aliphatic rings. The maximum absolute atomic E-state index is 12.7. The van der Waals surface area contributed by atoms with E-state index < -0.39 is 61.2 Å². The third-order valence-corrected chi connectivity index (χ3v) is 15.4. The second kappa shape index (κ2) is 11.2. The summed E-state index contributed by atoms with van der Waals surface area (Å²) in [5.74, 6) is -0.0552. The lowest BCUT2D eigenvalue weighted by Crippen LogP contribution is -2.64. The Morgan fingerprint density at radius 3 is 2.26 bits per heavy atom. The molecule has 5 aliphatic carbocycles. The molecule has 10 heteroatoms. The van der Waals surface area contributed by atoms with Crippen molar-refractivity contribution < 1.29 is 50.0 Å². The lowest BCUT2D eigenvalue weighted by Gasteiger charge is -2.65. The van der Waals surface area contributed by atoms with E-state index in [4.69, 9.17) is 9.47 Å². The van der Waals surface area contributed by atoms with Gasteiger partial charge < -0.3 is 45.2 Å². The van der Waals surface area contributed by atoms with Gasteiger partial charge in [-0.25, -0.2) is 0 Å². The maximum atomic E-state index is 12.7. The predicted molar refractivity (Wildman–Crippen MR) is 168 cm³/mol. The van der Waals surface area contributed by atoms with Crippen molar-refractivity contribution in [3.8, 4) is 0 Å². The van der Waals surface area contributed by atoms with E-state index in [0.717, 1.165) is 32.1 Å². The molecule has 16 unspecified atom stereocenters. The summed E-state index contributed by atoms with van der Waals surface area (Å²) in [6, 6.07) is 0. The average Bonchev–Trinajstić information content (AvgIpc) is 3.57. The minimum atomic E-state index is -1.54. The lowest BCUT2D eigenvalue weighted by molar-refractivity contribution is -0.332. The molecule has 10 nitrogen and oxygen atoms in total. The molecule has 1 aliphatic heterocycles. The SMILES string of the molecule is CC(CCC(=O)C(C)(C)O)C1C(O)CC2(C)C3C(OC4OC(CO)C(O)C(O)C4O)CC4C(C)(C)C(O)CCC45CC35CCC12C. The number of ether oxygens (including phenoxy) is 2. The maximum Gasteiger partial charge on any atom is 0.186 e. The smallest absolute Gasteiger partial charge is 0.186 e. The standard InChI is InChI=1S/C36H60O10/c1-18(8-9-24(40)32(4,5)44)25-19(38)15-34(7)29-20(45-30-28(43)27(42)26(41)21(16-37)46-30)14-22-31(2,3)23(39)10-11-35(22)17-36(29,35)13-12-33(25,34)6/h18-23,25-30,37-39,41-44H,8-17H2,1-7H3. The van der Waals surface area contributed by atoms with Gasteiger partial charge in [-0.3, -0.25) is 4.79 Å². The van der Waals surface area contributed by atoms with Gasteiger partial charge in [-0.2, -0.15) is 0 Å². The van der Waals surface area contributed by atoms with Gasteiger partial charge >= 0.3 is 0 Å². The van der Waals surface area contributed by atoms with Crippen molar-refractivity contribution in [1.29, 1.82) is 0 Å². The topological polar surface area (TPSA) is 177 Å². The third kappa shape index (κ3) is 4.71. The number of carbonyl (C=O) groups excluding carboxylic acids is 1. The van der Waals surface area contributed by atoms with Gasteiger partial charge in [-0.15, -0.1) is 0 Å². The Morgan fingerprint density at radius 2 is 1.63 bits per heavy atom. The Bertz CT molecular complexity index is 1180. The van der Waals surface area contributed by atoms with Crippen LogP contribution in [0.5, 0.6) is 0 Å². The molecule has 6 rings (SSSR count). The first-order chi connectivity index (χ1) is 21.2. The fraction of sp³-hybridized carbons (Fsp3) is 0.972. The second-order valence-corrected chi connectivity index (χ2v) is 18.1. The number of Topliss-reactive ketones (excluding diaryl/α,β-unsaturated/α-hetero) is 1. The summed E-state index contributed by atoms with van der Waals surface area (Å²) in [6.45, 7) is 13.5. The second-order valence-electron chi connectivity index (χ2n) is 18.1. The van der Waals surface area contributed by atoms with Crippen LogP contribution in [0.2, 0.25) is 0 Å². The summed E-state index contributed by atoms with van der Waals surface area (Å²) < 4.78 is 12.7. The van der Waals surface area contributed by atoms with Crippen LogP contribution < -0.4 is 0 Å². The minimum Gasteiger partial charge on any atom is -0.394 e. The highest BCUT2D eigenvalue weighted by molar-refractivity contribution is 5.86. The molecule has 16 atom stereocenters. The molecule has 0 aromatic carbocycles. The Balaban J connectivity index is 1.37. The number of hydrogen-bond donors (Lipinski definition) is 7. The average molecular weight is 653 g/mol. The largest absolute Gasteiger partial charge is 0.394 e. The molecule has 1 saturated heterocycles. The molecule has 2 spiro atoms. The summed E-state index contributed by atoms with van der Waals surface area (Å²) in [4.78, 5) is 12.7. The fourth-order valence-corrected chi connectivity index (χ4v) is 12.8. The van der Waals surface area contributed by atoms with Crippen LogP contribution in [0, 0.1) is 50.7 Å². The fourth-order valence-electron chi connectivity index (χ4n) is 12.8. The number of aliphatic hydroxyl groups excluding tert-OH is 6. The molecule has 46 heavy (non-hydrogen) atoms. The van der Waals surface area contributed by atoms with Crippen molar-refractivity contribution in [2.75, 3.05) is 6.61 Å². The molecule has 7 N–H and O–H groups in total. The third-order valence-electron chi connectivity index (χ3n) is 15.4. The summed E-state index contributed by atoms with van der Waals surface area (Å²) in [6.07, 6.45) is -1.67. The van der Waals surface area contributed by atoms with Gasteiger partial charge in [0.2, 0.25) is 0 Å². The van der Waals surface area contributed by atoms with Crippen LogP contribution in [0.1, 0.15) is 106 Å². The van der Waals surface area contributed by atoms with E-state index in [9.17, 15) is 40.5 Å². The van der Waals surface area contributed by atoms with Gasteiger partial charge in [0.25, 0.3) is 0 Å². The first-order valence-corrected chi connectivity index (χ1v) is 17.8. The van der Waals surface area contributed by atoms with Crippen LogP contribution in [-0.4, -0.2) is 103 Å². The number of fused-ring (bicyclic) bond motifs is 2. The van der Waals surface area contributed by atoms with Gasteiger partial charge in [0.05, 0.1) is 24.9 Å². The molecule has 6 fully saturated rings. The summed E-state index contributed by atoms with van der Waals surface area (Å²) in [5, 5.41) is 75.4. The number of ketones is 1. The molecule has 0 amide bonds. The molecule has 5 saturated carbocycles. The Morgan fingerprint density at radius 1 is 0.957 bits per heavy atom. The molecule has 264 valence electrons. The highest BCUT2D eigenvalue weighted by Gasteiger charge is 2.84. The quantitative estimate of drug-likeness (QED) is 0.193. The normalized spacial score (nSPS) is 53.4. The van der Waals surface area contributed by atoms with Crippen molar-refractivity contribution in [3.63, 3.8) is 0 Å². The van der Waals surface area contributed by atoms with E-state index in [1.165, 1.54) is 13.8 Å². The van der Waals surface area contributed by atoms with Gasteiger partial charge in [-0.05, 0) is 116 Å². The van der Waals surface area contributed by atoms with Crippen molar-refractivity contribution >= 4 is 5.78 Å². The van der Waals surface area contributed by atoms with E-state index in [-0.39, 0.29) is 63.0 Å². The number of rotatable bonds is 8. The Labute approximate surface area is 273 Å². The van der Waals surface area contributed by atoms with Gasteiger partial charge in [0.1, 0.15) is 30.0 Å². The molecular weight excluding hydrogens is 592 g/mol. The molecule has 0 aromatic rings. The van der Waals surface area contributed by atoms with E-state index in [1.54, 1.807) is 0 Å². The molecule has 0 bridgehead atoms. The van der Waals surface area contributed by atoms with E-state index in [0.29, 0.717) is 19.3 Å². The van der Waals surface area contributed by atoms with Crippen LogP contribution in [0.3, 0.4) is 0 Å². The zero-order valence-corrected chi connectivity index (χ0v) is 28.9. The van der Waals surface area contributed by atoms with E-state index >= 15 is 0 Å². The van der Waals surface area contributed by atoms with E-state index in [1.807, 2.05) is 0 Å². The highest BCUT2D eigenvalue weighted by Crippen LogP contribution is 2.89. The monoisotopic (exact) mass is 652 g/mol. The number of hydrogen-bond acceptors (Lipinski definition) is 10. The van der Waals surface area contributed by atoms with E-state index in [2.05, 4.69) is 34.6 Å². The highest BCUT2D eigenvalue weighted by atomic mass is 16.7. The summed E-state index contributed by atoms with van der Waals surface area (Å²) in [7, 11) is 0. The van der Waals surface area contributed by atoms with Gasteiger partial charge in [-0.1, -0.05) is 34.6 Å². The van der Waals surface area contributed by atoms with Crippen LogP contribution in [-0.2, 0) is 14.3 Å². The minimum absolute atomic E-state index is 0.00160. The summed E-state index contributed by atoms with van der Waals surface area (Å²) >= 11 is 0. The Kier molecular flexibility index (Phi) is 8.52. The van der Waals surface area contributed by atoms with Gasteiger partial charge in [0.15, 0.2) is 12.1 Å². The lowest BCUT2D eigenvalue weighted by atomic mass is 9.41. The zero-order valence-electron chi connectivity index (χ0n) is 28.9.